The Balaban J connectivity index is 1.58. The predicted octanol–water partition coefficient (Wildman–Crippen LogP) is 2.64. The Kier molecular flexibility index (Phi) is 7.46. The highest BCUT2D eigenvalue weighted by molar-refractivity contribution is 5.76. The van der Waals surface area contributed by atoms with Gasteiger partial charge in [-0.15, -0.1) is 10.2 Å². The number of methoxy groups -OCH3 is 3. The molecule has 1 atom stereocenters. The number of benzene rings is 1. The van der Waals surface area contributed by atoms with Crippen LogP contribution in [0.4, 0.5) is 0 Å². The summed E-state index contributed by atoms with van der Waals surface area (Å²) in [7, 11) is 4.91. The molecule has 0 radical (unpaired) electrons. The van der Waals surface area contributed by atoms with Gasteiger partial charge in [-0.1, -0.05) is 0 Å². The number of aromatic nitrogens is 2. The van der Waals surface area contributed by atoms with Crippen LogP contribution >= 0.6 is 0 Å². The minimum Gasteiger partial charge on any atom is -0.497 e. The third-order valence-corrected chi connectivity index (χ3v) is 5.20. The number of amides is 1. The number of hydrogen-bond acceptors (Lipinski definition) is 7. The lowest BCUT2D eigenvalue weighted by Gasteiger charge is -2.35. The molecule has 1 aliphatic rings. The molecular formula is C21H29N3O5. The summed E-state index contributed by atoms with van der Waals surface area (Å²) in [4.78, 5) is 14.6. The van der Waals surface area contributed by atoms with Crippen molar-refractivity contribution in [3.8, 4) is 11.5 Å². The van der Waals surface area contributed by atoms with Crippen LogP contribution in [0.2, 0.25) is 0 Å². The van der Waals surface area contributed by atoms with Crippen LogP contribution in [0.25, 0.3) is 0 Å². The molecule has 29 heavy (non-hydrogen) atoms. The van der Waals surface area contributed by atoms with Crippen LogP contribution in [0.15, 0.2) is 22.6 Å². The molecule has 1 saturated heterocycles. The zero-order chi connectivity index (χ0) is 20.6. The van der Waals surface area contributed by atoms with Gasteiger partial charge in [0.15, 0.2) is 0 Å². The number of hydrogen-bond donors (Lipinski definition) is 0. The highest BCUT2D eigenvalue weighted by atomic mass is 16.5. The number of aryl methyl sites for hydroxylation is 1. The molecule has 0 spiro atoms. The molecule has 2 aromatic rings. The molecule has 0 N–H and O–H groups in total. The van der Waals surface area contributed by atoms with Crippen LogP contribution in [0, 0.1) is 0 Å². The molecule has 1 aromatic carbocycles. The molecule has 2 heterocycles. The summed E-state index contributed by atoms with van der Waals surface area (Å²) in [5, 5.41) is 8.22. The number of ether oxygens (including phenoxy) is 3. The van der Waals surface area contributed by atoms with Crippen LogP contribution < -0.4 is 9.47 Å². The van der Waals surface area contributed by atoms with Gasteiger partial charge in [0.25, 0.3) is 0 Å². The van der Waals surface area contributed by atoms with Crippen LogP contribution in [-0.2, 0) is 22.4 Å². The van der Waals surface area contributed by atoms with Crippen LogP contribution in [-0.4, -0.2) is 61.5 Å². The summed E-state index contributed by atoms with van der Waals surface area (Å²) >= 11 is 0. The quantitative estimate of drug-likeness (QED) is 0.636. The fourth-order valence-electron chi connectivity index (χ4n) is 3.70. The molecule has 0 aliphatic carbocycles. The van der Waals surface area contributed by atoms with Crippen molar-refractivity contribution in [1.82, 2.24) is 15.1 Å². The summed E-state index contributed by atoms with van der Waals surface area (Å²) in [5.41, 5.74) is 0.897. The summed E-state index contributed by atoms with van der Waals surface area (Å²) in [6.07, 6.45) is 4.38. The van der Waals surface area contributed by atoms with E-state index in [1.54, 1.807) is 21.3 Å². The lowest BCUT2D eigenvalue weighted by atomic mass is 10.0. The second kappa shape index (κ2) is 10.2. The van der Waals surface area contributed by atoms with Gasteiger partial charge >= 0.3 is 0 Å². The first kappa shape index (κ1) is 21.1. The highest BCUT2D eigenvalue weighted by Gasteiger charge is 2.26. The number of piperidine rings is 1. The van der Waals surface area contributed by atoms with E-state index in [-0.39, 0.29) is 11.9 Å². The first-order chi connectivity index (χ1) is 14.1. The number of carbonyl (C=O) groups is 1. The Morgan fingerprint density at radius 2 is 2.00 bits per heavy atom. The van der Waals surface area contributed by atoms with Gasteiger partial charge in [-0.2, -0.15) is 0 Å². The smallest absolute Gasteiger partial charge is 0.223 e. The lowest BCUT2D eigenvalue weighted by molar-refractivity contribution is -0.136. The van der Waals surface area contributed by atoms with Crippen molar-refractivity contribution < 1.29 is 23.4 Å². The highest BCUT2D eigenvalue weighted by Crippen LogP contribution is 2.26. The molecule has 8 heteroatoms. The van der Waals surface area contributed by atoms with Gasteiger partial charge in [-0.05, 0) is 37.5 Å². The predicted molar refractivity (Wildman–Crippen MR) is 106 cm³/mol. The van der Waals surface area contributed by atoms with Gasteiger partial charge in [0.2, 0.25) is 17.7 Å². The molecule has 3 rings (SSSR count). The number of likely N-dealkylation sites (tertiary alicyclic amines) is 1. The zero-order valence-electron chi connectivity index (χ0n) is 17.3. The topological polar surface area (TPSA) is 86.9 Å². The Bertz CT molecular complexity index is 805. The number of nitrogens with zero attached hydrogens (tertiary/aromatic N) is 3. The van der Waals surface area contributed by atoms with E-state index in [4.69, 9.17) is 18.6 Å². The van der Waals surface area contributed by atoms with Crippen molar-refractivity contribution in [1.29, 1.82) is 0 Å². The van der Waals surface area contributed by atoms with Gasteiger partial charge in [-0.25, -0.2) is 0 Å². The van der Waals surface area contributed by atoms with E-state index >= 15 is 0 Å². The summed E-state index contributed by atoms with van der Waals surface area (Å²) in [5.74, 6) is 2.53. The van der Waals surface area contributed by atoms with Crippen molar-refractivity contribution in [2.24, 2.45) is 0 Å². The molecule has 1 aliphatic heterocycles. The third-order valence-electron chi connectivity index (χ3n) is 5.20. The first-order valence-corrected chi connectivity index (χ1v) is 9.95. The van der Waals surface area contributed by atoms with Crippen molar-refractivity contribution in [2.45, 2.75) is 44.6 Å². The average Bonchev–Trinajstić information content (AvgIpc) is 3.20. The van der Waals surface area contributed by atoms with E-state index in [9.17, 15) is 4.79 Å². The summed E-state index contributed by atoms with van der Waals surface area (Å²) in [6.45, 7) is 1.37. The fraction of sp³-hybridized carbons (Fsp3) is 0.571. The van der Waals surface area contributed by atoms with Gasteiger partial charge < -0.3 is 23.5 Å². The number of carbonyl (C=O) groups excluding carboxylic acids is 1. The second-order valence-electron chi connectivity index (χ2n) is 7.14. The average molecular weight is 403 g/mol. The van der Waals surface area contributed by atoms with Crippen LogP contribution in [0.5, 0.6) is 11.5 Å². The monoisotopic (exact) mass is 403 g/mol. The Hall–Kier alpha value is -2.61. The van der Waals surface area contributed by atoms with Crippen molar-refractivity contribution in [2.75, 3.05) is 34.5 Å². The van der Waals surface area contributed by atoms with Gasteiger partial charge in [0, 0.05) is 32.1 Å². The maximum absolute atomic E-state index is 12.7. The third kappa shape index (κ3) is 5.47. The normalized spacial score (nSPS) is 16.7. The molecule has 1 amide bonds. The molecule has 8 nitrogen and oxygen atoms in total. The Morgan fingerprint density at radius 3 is 2.76 bits per heavy atom. The van der Waals surface area contributed by atoms with Gasteiger partial charge in [0.05, 0.1) is 33.3 Å². The minimum absolute atomic E-state index is 0.112. The van der Waals surface area contributed by atoms with Crippen molar-refractivity contribution >= 4 is 5.91 Å². The van der Waals surface area contributed by atoms with Crippen LogP contribution in [0.1, 0.15) is 43.0 Å². The molecule has 0 saturated carbocycles. The zero-order valence-corrected chi connectivity index (χ0v) is 17.3. The summed E-state index contributed by atoms with van der Waals surface area (Å²) < 4.78 is 21.7. The van der Waals surface area contributed by atoms with Gasteiger partial charge in [-0.3, -0.25) is 4.79 Å². The molecule has 0 bridgehead atoms. The Labute approximate surface area is 171 Å². The van der Waals surface area contributed by atoms with Crippen molar-refractivity contribution in [3.63, 3.8) is 0 Å². The van der Waals surface area contributed by atoms with E-state index in [0.29, 0.717) is 37.7 Å². The molecular weight excluding hydrogens is 374 g/mol. The van der Waals surface area contributed by atoms with Crippen molar-refractivity contribution in [3.05, 3.63) is 35.5 Å². The van der Waals surface area contributed by atoms with E-state index in [1.165, 1.54) is 0 Å². The first-order valence-electron chi connectivity index (χ1n) is 9.95. The van der Waals surface area contributed by atoms with E-state index < -0.39 is 0 Å². The standard InChI is InChI=1S/C21H29N3O5/c1-26-14-16-6-4-5-11-24(16)21(25)10-9-19-22-23-20(29-19)13-15-12-17(27-2)7-8-18(15)28-3/h7-8,12,16H,4-6,9-11,13-14H2,1-3H3/t16-/m1/s1. The molecule has 1 fully saturated rings. The molecule has 0 unspecified atom stereocenters. The lowest BCUT2D eigenvalue weighted by Crippen LogP contribution is -2.46. The van der Waals surface area contributed by atoms with E-state index in [1.807, 2.05) is 23.1 Å². The second-order valence-corrected chi connectivity index (χ2v) is 7.14. The van der Waals surface area contributed by atoms with Crippen LogP contribution in [0.3, 0.4) is 0 Å². The van der Waals surface area contributed by atoms with Gasteiger partial charge in [0.1, 0.15) is 11.5 Å². The molecule has 158 valence electrons. The summed E-state index contributed by atoms with van der Waals surface area (Å²) in [6, 6.07) is 5.74. The largest absolute Gasteiger partial charge is 0.497 e. The Morgan fingerprint density at radius 1 is 1.17 bits per heavy atom. The van der Waals surface area contributed by atoms with E-state index in [2.05, 4.69) is 10.2 Å². The SMILES string of the molecule is COC[C@H]1CCCCN1C(=O)CCc1nnc(Cc2cc(OC)ccc2OC)o1. The maximum atomic E-state index is 12.7. The molecule has 1 aromatic heterocycles. The number of rotatable bonds is 9. The van der Waals surface area contributed by atoms with E-state index in [0.717, 1.165) is 42.9 Å². The maximum Gasteiger partial charge on any atom is 0.223 e. The minimum atomic E-state index is 0.112. The fourth-order valence-corrected chi connectivity index (χ4v) is 3.70.